The Bertz CT molecular complexity index is 752. The van der Waals surface area contributed by atoms with Crippen LogP contribution in [0.1, 0.15) is 37.0 Å². The maximum atomic E-state index is 11.1. The highest BCUT2D eigenvalue weighted by atomic mass is 16.7. The van der Waals surface area contributed by atoms with Crippen LogP contribution >= 0.6 is 0 Å². The van der Waals surface area contributed by atoms with Crippen LogP contribution in [-0.4, -0.2) is 52.6 Å². The third kappa shape index (κ3) is 4.66. The maximum Gasteiger partial charge on any atom is 0.278 e. The van der Waals surface area contributed by atoms with E-state index in [1.54, 1.807) is 0 Å². The second kappa shape index (κ2) is 7.68. The van der Waals surface area contributed by atoms with Gasteiger partial charge in [0, 0.05) is 31.8 Å². The SMILES string of the molecule is Cc1cccc(C)c1C=CN1CCN(CC2COC(C)(C)C2)C1=N[N+](=O)[O-]. The fourth-order valence-corrected chi connectivity index (χ4v) is 3.96. The summed E-state index contributed by atoms with van der Waals surface area (Å²) in [6.45, 7) is 11.1. The van der Waals surface area contributed by atoms with Gasteiger partial charge in [0.2, 0.25) is 0 Å². The van der Waals surface area contributed by atoms with Gasteiger partial charge in [0.05, 0.1) is 12.2 Å². The largest absolute Gasteiger partial charge is 0.375 e. The van der Waals surface area contributed by atoms with Gasteiger partial charge < -0.3 is 14.5 Å². The van der Waals surface area contributed by atoms with Crippen LogP contribution < -0.4 is 0 Å². The van der Waals surface area contributed by atoms with Crippen LogP contribution in [0.4, 0.5) is 0 Å². The quantitative estimate of drug-likeness (QED) is 0.586. The van der Waals surface area contributed by atoms with Gasteiger partial charge in [0.15, 0.2) is 5.03 Å². The lowest BCUT2D eigenvalue weighted by Crippen LogP contribution is -2.35. The van der Waals surface area contributed by atoms with Crippen molar-refractivity contribution in [2.45, 2.75) is 39.7 Å². The van der Waals surface area contributed by atoms with Gasteiger partial charge in [0.25, 0.3) is 5.96 Å². The molecule has 0 aromatic heterocycles. The third-order valence-corrected chi connectivity index (χ3v) is 5.25. The Morgan fingerprint density at radius 3 is 2.63 bits per heavy atom. The minimum Gasteiger partial charge on any atom is -0.375 e. The number of ether oxygens (including phenoxy) is 1. The molecular weight excluding hydrogens is 344 g/mol. The highest BCUT2D eigenvalue weighted by Gasteiger charge is 2.36. The lowest BCUT2D eigenvalue weighted by molar-refractivity contribution is -0.486. The van der Waals surface area contributed by atoms with Crippen LogP contribution in [0.25, 0.3) is 6.08 Å². The number of benzene rings is 1. The average molecular weight is 372 g/mol. The molecule has 0 amide bonds. The fourth-order valence-electron chi connectivity index (χ4n) is 3.96. The van der Waals surface area contributed by atoms with E-state index in [4.69, 9.17) is 4.74 Å². The monoisotopic (exact) mass is 372 g/mol. The van der Waals surface area contributed by atoms with E-state index in [0.717, 1.165) is 25.1 Å². The van der Waals surface area contributed by atoms with Gasteiger partial charge in [-0.2, -0.15) is 0 Å². The Labute approximate surface area is 160 Å². The molecule has 1 unspecified atom stereocenters. The number of nitrogens with zero attached hydrogens (tertiary/aromatic N) is 4. The van der Waals surface area contributed by atoms with Crippen LogP contribution in [0.3, 0.4) is 0 Å². The fraction of sp³-hybridized carbons (Fsp3) is 0.550. The predicted octanol–water partition coefficient (Wildman–Crippen LogP) is 3.25. The Hall–Kier alpha value is -2.41. The first-order chi connectivity index (χ1) is 12.7. The summed E-state index contributed by atoms with van der Waals surface area (Å²) in [7, 11) is 0. The molecule has 0 radical (unpaired) electrons. The van der Waals surface area contributed by atoms with Crippen molar-refractivity contribution in [3.8, 4) is 0 Å². The summed E-state index contributed by atoms with van der Waals surface area (Å²) < 4.78 is 5.81. The molecule has 7 nitrogen and oxygen atoms in total. The molecule has 2 aliphatic rings. The van der Waals surface area contributed by atoms with Crippen LogP contribution in [0.15, 0.2) is 29.5 Å². The van der Waals surface area contributed by atoms with Gasteiger partial charge in [-0.25, -0.2) is 10.1 Å². The van der Waals surface area contributed by atoms with Crippen molar-refractivity contribution in [3.63, 3.8) is 0 Å². The molecule has 2 heterocycles. The smallest absolute Gasteiger partial charge is 0.278 e. The first-order valence-electron chi connectivity index (χ1n) is 9.38. The molecule has 27 heavy (non-hydrogen) atoms. The van der Waals surface area contributed by atoms with E-state index in [0.29, 0.717) is 25.0 Å². The Kier molecular flexibility index (Phi) is 5.51. The van der Waals surface area contributed by atoms with Crippen LogP contribution in [-0.2, 0) is 4.74 Å². The first kappa shape index (κ1) is 19.4. The molecule has 0 bridgehead atoms. The van der Waals surface area contributed by atoms with Crippen LogP contribution in [0, 0.1) is 29.9 Å². The van der Waals surface area contributed by atoms with Crippen LogP contribution in [0.2, 0.25) is 0 Å². The molecular formula is C20H28N4O3. The molecule has 2 aliphatic heterocycles. The van der Waals surface area contributed by atoms with E-state index in [1.807, 2.05) is 28.1 Å². The maximum absolute atomic E-state index is 11.1. The van der Waals surface area contributed by atoms with Crippen molar-refractivity contribution in [1.82, 2.24) is 9.80 Å². The summed E-state index contributed by atoms with van der Waals surface area (Å²) in [5.41, 5.74) is 3.38. The average Bonchev–Trinajstić information content (AvgIpc) is 3.10. The van der Waals surface area contributed by atoms with Crippen molar-refractivity contribution in [2.75, 3.05) is 26.2 Å². The Morgan fingerprint density at radius 2 is 2.04 bits per heavy atom. The first-order valence-corrected chi connectivity index (χ1v) is 9.38. The summed E-state index contributed by atoms with van der Waals surface area (Å²) in [6, 6.07) is 6.16. The highest BCUT2D eigenvalue weighted by molar-refractivity contribution is 5.83. The normalized spacial score (nSPS) is 23.7. The minimum atomic E-state index is -0.609. The lowest BCUT2D eigenvalue weighted by atomic mass is 9.97. The highest BCUT2D eigenvalue weighted by Crippen LogP contribution is 2.30. The molecule has 3 rings (SSSR count). The van der Waals surface area contributed by atoms with Crippen molar-refractivity contribution >= 4 is 12.0 Å². The van der Waals surface area contributed by atoms with Crippen molar-refractivity contribution in [1.29, 1.82) is 0 Å². The van der Waals surface area contributed by atoms with Crippen molar-refractivity contribution < 1.29 is 9.77 Å². The summed E-state index contributed by atoms with van der Waals surface area (Å²) in [5.74, 6) is 0.770. The molecule has 0 N–H and O–H groups in total. The summed E-state index contributed by atoms with van der Waals surface area (Å²) in [5, 5.41) is 14.2. The van der Waals surface area contributed by atoms with E-state index in [-0.39, 0.29) is 5.60 Å². The summed E-state index contributed by atoms with van der Waals surface area (Å²) >= 11 is 0. The number of guanidine groups is 1. The number of hydrazone groups is 1. The number of nitro groups is 1. The van der Waals surface area contributed by atoms with Gasteiger partial charge >= 0.3 is 0 Å². The topological polar surface area (TPSA) is 71.2 Å². The van der Waals surface area contributed by atoms with Crippen molar-refractivity contribution in [2.24, 2.45) is 11.0 Å². The standard InChI is InChI=1S/C20H28N4O3/c1-15-6-5-7-16(2)18(15)8-9-22-10-11-23(19(22)21-24(25)26)13-17-12-20(3,4)27-14-17/h5-9,17H,10-14H2,1-4H3. The van der Waals surface area contributed by atoms with E-state index >= 15 is 0 Å². The molecule has 1 atom stereocenters. The number of aryl methyl sites for hydroxylation is 2. The molecule has 0 saturated carbocycles. The Balaban J connectivity index is 1.76. The van der Waals surface area contributed by atoms with E-state index in [2.05, 4.69) is 44.9 Å². The van der Waals surface area contributed by atoms with Gasteiger partial charge in [0.1, 0.15) is 5.10 Å². The third-order valence-electron chi connectivity index (χ3n) is 5.25. The van der Waals surface area contributed by atoms with Gasteiger partial charge in [-0.15, -0.1) is 0 Å². The van der Waals surface area contributed by atoms with Gasteiger partial charge in [-0.1, -0.05) is 18.2 Å². The minimum absolute atomic E-state index is 0.118. The molecule has 0 aliphatic carbocycles. The Morgan fingerprint density at radius 1 is 1.33 bits per heavy atom. The van der Waals surface area contributed by atoms with Gasteiger partial charge in [-0.05, 0) is 56.9 Å². The van der Waals surface area contributed by atoms with E-state index in [9.17, 15) is 10.1 Å². The molecule has 2 fully saturated rings. The van der Waals surface area contributed by atoms with Gasteiger partial charge in [-0.3, -0.25) is 0 Å². The molecule has 7 heteroatoms. The zero-order valence-corrected chi connectivity index (χ0v) is 16.5. The van der Waals surface area contributed by atoms with Crippen molar-refractivity contribution in [3.05, 3.63) is 51.2 Å². The van der Waals surface area contributed by atoms with Crippen LogP contribution in [0.5, 0.6) is 0 Å². The second-order valence-corrected chi connectivity index (χ2v) is 8.04. The lowest BCUT2D eigenvalue weighted by Gasteiger charge is -2.22. The van der Waals surface area contributed by atoms with E-state index in [1.165, 1.54) is 11.1 Å². The molecule has 2 saturated heterocycles. The number of rotatable bonds is 5. The number of hydrogen-bond donors (Lipinski definition) is 0. The summed E-state index contributed by atoms with van der Waals surface area (Å²) in [6.07, 6.45) is 4.88. The molecule has 1 aromatic carbocycles. The molecule has 146 valence electrons. The molecule has 1 aromatic rings. The number of hydrogen-bond acceptors (Lipinski definition) is 3. The second-order valence-electron chi connectivity index (χ2n) is 8.04. The zero-order chi connectivity index (χ0) is 19.6. The predicted molar refractivity (Wildman–Crippen MR) is 106 cm³/mol. The zero-order valence-electron chi connectivity index (χ0n) is 16.5. The molecule has 0 spiro atoms. The summed E-state index contributed by atoms with van der Waals surface area (Å²) in [4.78, 5) is 15.0. The van der Waals surface area contributed by atoms with E-state index < -0.39 is 5.03 Å².